The third-order valence-electron chi connectivity index (χ3n) is 8.87. The van der Waals surface area contributed by atoms with E-state index in [9.17, 15) is 4.79 Å². The molecule has 8 nitrogen and oxygen atoms in total. The standard InChI is InChI=1S/C35H48N4O4/c1-25-19-26(2)37-35(40)33(25)23-36-22-31-20-30(29-7-5-28(6-8-29)24-38-11-17-43-18-12-38)21-34(27(31)3)39(13-16-41-4)32-9-14-42-15-10-32/h5-8,19-21,32,36H,9-18,22-24H2,1-4H3,(H,37,40). The Hall–Kier alpha value is -3.01. The first-order chi connectivity index (χ1) is 20.9. The van der Waals surface area contributed by atoms with E-state index >= 15 is 0 Å². The fraction of sp³-hybridized carbons (Fsp3) is 0.514. The van der Waals surface area contributed by atoms with Crippen molar-refractivity contribution >= 4 is 5.69 Å². The number of ether oxygens (including phenoxy) is 3. The van der Waals surface area contributed by atoms with Crippen LogP contribution in [0.25, 0.3) is 11.1 Å². The molecule has 0 radical (unpaired) electrons. The Labute approximate surface area is 256 Å². The van der Waals surface area contributed by atoms with Gasteiger partial charge >= 0.3 is 0 Å². The molecule has 5 rings (SSSR count). The predicted octanol–water partition coefficient (Wildman–Crippen LogP) is 4.72. The summed E-state index contributed by atoms with van der Waals surface area (Å²) in [5.41, 5.74) is 10.2. The second kappa shape index (κ2) is 15.1. The van der Waals surface area contributed by atoms with Gasteiger partial charge in [0.25, 0.3) is 5.56 Å². The van der Waals surface area contributed by atoms with Crippen LogP contribution in [0.5, 0.6) is 0 Å². The highest BCUT2D eigenvalue weighted by Crippen LogP contribution is 2.34. The Morgan fingerprint density at radius 2 is 1.67 bits per heavy atom. The molecule has 0 aliphatic carbocycles. The fourth-order valence-electron chi connectivity index (χ4n) is 6.34. The number of pyridine rings is 1. The van der Waals surface area contributed by atoms with Crippen molar-refractivity contribution in [1.29, 1.82) is 0 Å². The van der Waals surface area contributed by atoms with Gasteiger partial charge in [0.1, 0.15) is 0 Å². The first-order valence-electron chi connectivity index (χ1n) is 15.7. The summed E-state index contributed by atoms with van der Waals surface area (Å²) in [4.78, 5) is 20.6. The monoisotopic (exact) mass is 588 g/mol. The summed E-state index contributed by atoms with van der Waals surface area (Å²) in [5, 5.41) is 3.58. The van der Waals surface area contributed by atoms with E-state index in [1.165, 1.54) is 33.5 Å². The van der Waals surface area contributed by atoms with Crippen LogP contribution in [0, 0.1) is 20.8 Å². The van der Waals surface area contributed by atoms with Crippen molar-refractivity contribution in [2.45, 2.75) is 59.3 Å². The number of hydrogen-bond acceptors (Lipinski definition) is 7. The third kappa shape index (κ3) is 8.13. The summed E-state index contributed by atoms with van der Waals surface area (Å²) >= 11 is 0. The van der Waals surface area contributed by atoms with Crippen LogP contribution in [0.2, 0.25) is 0 Å². The second-order valence-corrected chi connectivity index (χ2v) is 11.9. The molecule has 2 aliphatic rings. The van der Waals surface area contributed by atoms with E-state index in [2.05, 4.69) is 63.4 Å². The summed E-state index contributed by atoms with van der Waals surface area (Å²) in [6, 6.07) is 16.1. The van der Waals surface area contributed by atoms with Gasteiger partial charge in [0, 0.05) is 82.6 Å². The fourth-order valence-corrected chi connectivity index (χ4v) is 6.34. The zero-order valence-corrected chi connectivity index (χ0v) is 26.3. The average Bonchev–Trinajstić information content (AvgIpc) is 3.01. The number of anilines is 1. The Morgan fingerprint density at radius 3 is 2.37 bits per heavy atom. The van der Waals surface area contributed by atoms with Gasteiger partial charge < -0.3 is 29.4 Å². The van der Waals surface area contributed by atoms with E-state index in [0.717, 1.165) is 82.3 Å². The highest BCUT2D eigenvalue weighted by molar-refractivity contribution is 5.73. The SMILES string of the molecule is COCCN(c1cc(-c2ccc(CN3CCOCC3)cc2)cc(CNCc2c(C)cc(C)[nH]c2=O)c1C)C1CCOCC1. The summed E-state index contributed by atoms with van der Waals surface area (Å²) in [5.74, 6) is 0. The van der Waals surface area contributed by atoms with Crippen molar-refractivity contribution in [3.05, 3.63) is 86.3 Å². The lowest BCUT2D eigenvalue weighted by Gasteiger charge is -2.37. The van der Waals surface area contributed by atoms with Gasteiger partial charge in [-0.05, 0) is 85.2 Å². The van der Waals surface area contributed by atoms with Gasteiger partial charge in [0.15, 0.2) is 0 Å². The maximum atomic E-state index is 12.6. The van der Waals surface area contributed by atoms with Gasteiger partial charge in [-0.1, -0.05) is 24.3 Å². The molecular formula is C35H48N4O4. The topological polar surface area (TPSA) is 79.1 Å². The lowest BCUT2D eigenvalue weighted by Crippen LogP contribution is -2.42. The molecule has 2 fully saturated rings. The second-order valence-electron chi connectivity index (χ2n) is 11.9. The third-order valence-corrected chi connectivity index (χ3v) is 8.87. The minimum absolute atomic E-state index is 0.0152. The van der Waals surface area contributed by atoms with E-state index in [1.807, 2.05) is 19.9 Å². The highest BCUT2D eigenvalue weighted by Gasteiger charge is 2.24. The van der Waals surface area contributed by atoms with Crippen LogP contribution in [0.1, 0.15) is 46.4 Å². The van der Waals surface area contributed by atoms with Crippen molar-refractivity contribution in [2.75, 3.05) is 64.7 Å². The summed E-state index contributed by atoms with van der Waals surface area (Å²) in [6.07, 6.45) is 2.01. The minimum Gasteiger partial charge on any atom is -0.383 e. The average molecular weight is 589 g/mol. The number of hydrogen-bond donors (Lipinski definition) is 2. The zero-order chi connectivity index (χ0) is 30.2. The highest BCUT2D eigenvalue weighted by atomic mass is 16.5. The van der Waals surface area contributed by atoms with Crippen LogP contribution in [-0.2, 0) is 33.8 Å². The molecule has 3 aromatic rings. The summed E-state index contributed by atoms with van der Waals surface area (Å²) < 4.78 is 16.8. The number of benzene rings is 2. The lowest BCUT2D eigenvalue weighted by atomic mass is 9.95. The van der Waals surface area contributed by atoms with Gasteiger partial charge in [0.2, 0.25) is 0 Å². The minimum atomic E-state index is -0.0152. The molecule has 3 heterocycles. The predicted molar refractivity (Wildman–Crippen MR) is 173 cm³/mol. The molecule has 0 saturated carbocycles. The molecule has 8 heteroatoms. The van der Waals surface area contributed by atoms with E-state index in [4.69, 9.17) is 14.2 Å². The molecule has 0 amide bonds. The molecule has 2 N–H and O–H groups in total. The molecule has 43 heavy (non-hydrogen) atoms. The van der Waals surface area contributed by atoms with Gasteiger partial charge in [-0.3, -0.25) is 9.69 Å². The number of morpholine rings is 1. The molecular weight excluding hydrogens is 540 g/mol. The molecule has 0 atom stereocenters. The maximum Gasteiger partial charge on any atom is 0.252 e. The Morgan fingerprint density at radius 1 is 0.953 bits per heavy atom. The van der Waals surface area contributed by atoms with Crippen molar-refractivity contribution in [3.8, 4) is 11.1 Å². The molecule has 2 aromatic carbocycles. The van der Waals surface area contributed by atoms with Crippen LogP contribution in [0.3, 0.4) is 0 Å². The normalized spacial score (nSPS) is 16.5. The molecule has 232 valence electrons. The van der Waals surface area contributed by atoms with Crippen molar-refractivity contribution in [1.82, 2.24) is 15.2 Å². The molecule has 0 unspecified atom stereocenters. The van der Waals surface area contributed by atoms with Crippen molar-refractivity contribution in [3.63, 3.8) is 0 Å². The van der Waals surface area contributed by atoms with Crippen LogP contribution in [0.4, 0.5) is 5.69 Å². The van der Waals surface area contributed by atoms with E-state index < -0.39 is 0 Å². The molecule has 2 aliphatic heterocycles. The molecule has 2 saturated heterocycles. The zero-order valence-electron chi connectivity index (χ0n) is 26.3. The van der Waals surface area contributed by atoms with Crippen LogP contribution < -0.4 is 15.8 Å². The summed E-state index contributed by atoms with van der Waals surface area (Å²) in [7, 11) is 1.77. The quantitative estimate of drug-likeness (QED) is 0.317. The molecule has 1 aromatic heterocycles. The van der Waals surface area contributed by atoms with Crippen molar-refractivity contribution < 1.29 is 14.2 Å². The number of H-pyrrole nitrogens is 1. The maximum absolute atomic E-state index is 12.6. The number of rotatable bonds is 12. The van der Waals surface area contributed by atoms with Gasteiger partial charge in [-0.15, -0.1) is 0 Å². The number of aromatic nitrogens is 1. The lowest BCUT2D eigenvalue weighted by molar-refractivity contribution is 0.0342. The Bertz CT molecular complexity index is 1390. The van der Waals surface area contributed by atoms with Crippen molar-refractivity contribution in [2.24, 2.45) is 0 Å². The van der Waals surface area contributed by atoms with Crippen LogP contribution >= 0.6 is 0 Å². The first-order valence-corrected chi connectivity index (χ1v) is 15.7. The van der Waals surface area contributed by atoms with Gasteiger partial charge in [0.05, 0.1) is 19.8 Å². The van der Waals surface area contributed by atoms with Crippen LogP contribution in [-0.4, -0.2) is 75.7 Å². The van der Waals surface area contributed by atoms with Crippen LogP contribution in [0.15, 0.2) is 47.3 Å². The van der Waals surface area contributed by atoms with Gasteiger partial charge in [-0.2, -0.15) is 0 Å². The van der Waals surface area contributed by atoms with E-state index in [0.29, 0.717) is 25.7 Å². The smallest absolute Gasteiger partial charge is 0.252 e. The number of methoxy groups -OCH3 is 1. The number of aromatic amines is 1. The molecule has 0 bridgehead atoms. The van der Waals surface area contributed by atoms with E-state index in [1.54, 1.807) is 7.11 Å². The number of aryl methyl sites for hydroxylation is 2. The largest absolute Gasteiger partial charge is 0.383 e. The number of nitrogens with zero attached hydrogens (tertiary/aromatic N) is 2. The number of nitrogens with one attached hydrogen (secondary N) is 2. The Kier molecular flexibility index (Phi) is 11.1. The Balaban J connectivity index is 1.44. The van der Waals surface area contributed by atoms with Gasteiger partial charge in [-0.25, -0.2) is 0 Å². The molecule has 0 spiro atoms. The summed E-state index contributed by atoms with van der Waals surface area (Å²) in [6.45, 7) is 14.9. The first kappa shape index (κ1) is 31.4. The van der Waals surface area contributed by atoms with E-state index in [-0.39, 0.29) is 5.56 Å².